The molecule has 0 fully saturated rings. The summed E-state index contributed by atoms with van der Waals surface area (Å²) in [7, 11) is 0. The number of anilines is 1. The van der Waals surface area contributed by atoms with Gasteiger partial charge in [0.25, 0.3) is 5.91 Å². The molecule has 35 heavy (non-hydrogen) atoms. The first-order chi connectivity index (χ1) is 17.0. The highest BCUT2D eigenvalue weighted by Gasteiger charge is 2.29. The van der Waals surface area contributed by atoms with Crippen LogP contribution in [0.5, 0.6) is 0 Å². The number of benzene rings is 2. The Morgan fingerprint density at radius 2 is 1.89 bits per heavy atom. The largest absolute Gasteiger partial charge is 0.462 e. The molecule has 0 spiro atoms. The minimum atomic E-state index is -0.348. The number of hydrogen-bond acceptors (Lipinski definition) is 5. The fraction of sp³-hybridized carbons (Fsp3) is 0.276. The summed E-state index contributed by atoms with van der Waals surface area (Å²) in [5.74, 6) is -0.0440. The number of ether oxygens (including phenoxy) is 1. The number of hydrogen-bond donors (Lipinski definition) is 1. The van der Waals surface area contributed by atoms with Crippen LogP contribution in [0.2, 0.25) is 0 Å². The van der Waals surface area contributed by atoms with E-state index in [1.54, 1.807) is 0 Å². The summed E-state index contributed by atoms with van der Waals surface area (Å²) in [5.41, 5.74) is 4.52. The number of carbonyl (C=O) groups is 2. The van der Waals surface area contributed by atoms with Crippen molar-refractivity contribution in [2.75, 3.05) is 11.9 Å². The fourth-order valence-electron chi connectivity index (χ4n) is 4.61. The van der Waals surface area contributed by atoms with Crippen LogP contribution in [0.25, 0.3) is 22.2 Å². The number of aromatic nitrogens is 1. The van der Waals surface area contributed by atoms with E-state index in [2.05, 4.69) is 12.2 Å². The molecule has 2 aromatic carbocycles. The molecule has 0 saturated carbocycles. The van der Waals surface area contributed by atoms with Crippen LogP contribution < -0.4 is 5.32 Å². The van der Waals surface area contributed by atoms with E-state index in [-0.39, 0.29) is 11.9 Å². The van der Waals surface area contributed by atoms with Crippen LogP contribution in [0.4, 0.5) is 5.00 Å². The predicted octanol–water partition coefficient (Wildman–Crippen LogP) is 6.91. The van der Waals surface area contributed by atoms with Gasteiger partial charge in [0.05, 0.1) is 28.9 Å². The standard InChI is InChI=1S/C29H28N2O3S/c1-3-15-34-29(33)26-21-14-13-18(2)16-25(21)35-28(26)31-27(32)22-17-24(19-9-5-4-6-10-19)30-23-12-8-7-11-20(22)23/h4-12,17-18H,3,13-16H2,1-2H3,(H,31,32). The molecule has 0 aliphatic heterocycles. The van der Waals surface area contributed by atoms with Gasteiger partial charge in [-0.3, -0.25) is 4.79 Å². The Labute approximate surface area is 209 Å². The Bertz CT molecular complexity index is 1390. The van der Waals surface area contributed by atoms with Gasteiger partial charge in [-0.05, 0) is 49.3 Å². The molecule has 178 valence electrons. The summed E-state index contributed by atoms with van der Waals surface area (Å²) < 4.78 is 5.51. The molecule has 1 unspecified atom stereocenters. The first kappa shape index (κ1) is 23.2. The predicted molar refractivity (Wildman–Crippen MR) is 141 cm³/mol. The van der Waals surface area contributed by atoms with Gasteiger partial charge >= 0.3 is 5.97 Å². The van der Waals surface area contributed by atoms with Crippen molar-refractivity contribution in [3.63, 3.8) is 0 Å². The Kier molecular flexibility index (Phi) is 6.64. The van der Waals surface area contributed by atoms with E-state index in [0.717, 1.165) is 53.4 Å². The summed E-state index contributed by atoms with van der Waals surface area (Å²) >= 11 is 1.51. The van der Waals surface area contributed by atoms with E-state index in [1.807, 2.05) is 67.6 Å². The van der Waals surface area contributed by atoms with Gasteiger partial charge in [-0.15, -0.1) is 11.3 Å². The van der Waals surface area contributed by atoms with Crippen LogP contribution >= 0.6 is 11.3 Å². The average Bonchev–Trinajstić information content (AvgIpc) is 3.23. The van der Waals surface area contributed by atoms with Gasteiger partial charge in [0.15, 0.2) is 0 Å². The van der Waals surface area contributed by atoms with Crippen molar-refractivity contribution in [1.29, 1.82) is 0 Å². The SMILES string of the molecule is CCCOC(=O)c1c(NC(=O)c2cc(-c3ccccc3)nc3ccccc23)sc2c1CCC(C)C2. The molecule has 2 aromatic heterocycles. The lowest BCUT2D eigenvalue weighted by molar-refractivity contribution is 0.0505. The molecule has 1 N–H and O–H groups in total. The number of nitrogens with zero attached hydrogens (tertiary/aromatic N) is 1. The number of thiophene rings is 1. The first-order valence-electron chi connectivity index (χ1n) is 12.1. The maximum absolute atomic E-state index is 13.7. The maximum atomic E-state index is 13.7. The molecular weight excluding hydrogens is 456 g/mol. The zero-order valence-corrected chi connectivity index (χ0v) is 20.8. The number of nitrogens with one attached hydrogen (secondary N) is 1. The van der Waals surface area contributed by atoms with Crippen LogP contribution in [0.15, 0.2) is 60.7 Å². The monoisotopic (exact) mass is 484 g/mol. The van der Waals surface area contributed by atoms with E-state index in [4.69, 9.17) is 9.72 Å². The molecule has 6 heteroatoms. The minimum Gasteiger partial charge on any atom is -0.462 e. The third-order valence-corrected chi connectivity index (χ3v) is 7.58. The van der Waals surface area contributed by atoms with Crippen molar-refractivity contribution < 1.29 is 14.3 Å². The second kappa shape index (κ2) is 10.0. The van der Waals surface area contributed by atoms with Crippen molar-refractivity contribution >= 4 is 39.1 Å². The Balaban J connectivity index is 1.56. The normalized spacial score (nSPS) is 15.0. The Morgan fingerprint density at radius 3 is 2.69 bits per heavy atom. The molecule has 4 aromatic rings. The molecule has 1 aliphatic carbocycles. The molecule has 1 aliphatic rings. The number of carbonyl (C=O) groups excluding carboxylic acids is 2. The number of esters is 1. The summed E-state index contributed by atoms with van der Waals surface area (Å²) in [5, 5.41) is 4.43. The number of amides is 1. The third-order valence-electron chi connectivity index (χ3n) is 6.41. The second-order valence-electron chi connectivity index (χ2n) is 9.08. The van der Waals surface area contributed by atoms with Crippen molar-refractivity contribution in [3.8, 4) is 11.3 Å². The van der Waals surface area contributed by atoms with Gasteiger partial charge < -0.3 is 10.1 Å². The van der Waals surface area contributed by atoms with E-state index >= 15 is 0 Å². The van der Waals surface area contributed by atoms with Crippen LogP contribution in [0.1, 0.15) is 57.8 Å². The number of pyridine rings is 1. The summed E-state index contributed by atoms with van der Waals surface area (Å²) in [6.07, 6.45) is 3.53. The summed E-state index contributed by atoms with van der Waals surface area (Å²) in [6.45, 7) is 4.56. The summed E-state index contributed by atoms with van der Waals surface area (Å²) in [4.78, 5) is 32.7. The lowest BCUT2D eigenvalue weighted by Crippen LogP contribution is -2.17. The van der Waals surface area contributed by atoms with E-state index in [1.165, 1.54) is 16.2 Å². The van der Waals surface area contributed by atoms with Crippen molar-refractivity contribution in [2.45, 2.75) is 39.5 Å². The van der Waals surface area contributed by atoms with Crippen LogP contribution in [0, 0.1) is 5.92 Å². The van der Waals surface area contributed by atoms with E-state index in [0.29, 0.717) is 28.7 Å². The molecule has 5 rings (SSSR count). The van der Waals surface area contributed by atoms with E-state index in [9.17, 15) is 9.59 Å². The Hall–Kier alpha value is -3.51. The fourth-order valence-corrected chi connectivity index (χ4v) is 6.01. The van der Waals surface area contributed by atoms with Crippen molar-refractivity contribution in [1.82, 2.24) is 4.98 Å². The lowest BCUT2D eigenvalue weighted by Gasteiger charge is -2.18. The van der Waals surface area contributed by atoms with Crippen molar-refractivity contribution in [2.24, 2.45) is 5.92 Å². The molecule has 1 atom stereocenters. The molecular formula is C29H28N2O3S. The molecule has 0 bridgehead atoms. The van der Waals surface area contributed by atoms with Gasteiger partial charge in [0.2, 0.25) is 0 Å². The van der Waals surface area contributed by atoms with Crippen molar-refractivity contribution in [3.05, 3.63) is 82.2 Å². The smallest absolute Gasteiger partial charge is 0.341 e. The number of fused-ring (bicyclic) bond motifs is 2. The first-order valence-corrected chi connectivity index (χ1v) is 12.9. The van der Waals surface area contributed by atoms with Gasteiger partial charge in [0, 0.05) is 15.8 Å². The van der Waals surface area contributed by atoms with E-state index < -0.39 is 0 Å². The van der Waals surface area contributed by atoms with Gasteiger partial charge in [-0.25, -0.2) is 9.78 Å². The zero-order chi connectivity index (χ0) is 24.4. The van der Waals surface area contributed by atoms with Crippen LogP contribution in [-0.4, -0.2) is 23.5 Å². The highest BCUT2D eigenvalue weighted by Crippen LogP contribution is 2.40. The summed E-state index contributed by atoms with van der Waals surface area (Å²) in [6, 6.07) is 19.3. The quantitative estimate of drug-likeness (QED) is 0.302. The third kappa shape index (κ3) is 4.71. The van der Waals surface area contributed by atoms with Gasteiger partial charge in [-0.1, -0.05) is 62.4 Å². The molecule has 0 radical (unpaired) electrons. The maximum Gasteiger partial charge on any atom is 0.341 e. The average molecular weight is 485 g/mol. The number of rotatable bonds is 6. The zero-order valence-electron chi connectivity index (χ0n) is 20.0. The Morgan fingerprint density at radius 1 is 1.11 bits per heavy atom. The number of para-hydroxylation sites is 1. The molecule has 0 saturated heterocycles. The minimum absolute atomic E-state index is 0.253. The second-order valence-corrected chi connectivity index (χ2v) is 10.2. The highest BCUT2D eigenvalue weighted by molar-refractivity contribution is 7.17. The van der Waals surface area contributed by atoms with Crippen LogP contribution in [-0.2, 0) is 17.6 Å². The molecule has 2 heterocycles. The van der Waals surface area contributed by atoms with Gasteiger partial charge in [0.1, 0.15) is 5.00 Å². The molecule has 5 nitrogen and oxygen atoms in total. The van der Waals surface area contributed by atoms with Crippen LogP contribution in [0.3, 0.4) is 0 Å². The lowest BCUT2D eigenvalue weighted by atomic mass is 9.88. The topological polar surface area (TPSA) is 68.3 Å². The molecule has 1 amide bonds. The van der Waals surface area contributed by atoms with Gasteiger partial charge in [-0.2, -0.15) is 0 Å². The highest BCUT2D eigenvalue weighted by atomic mass is 32.1.